The van der Waals surface area contributed by atoms with E-state index in [1.165, 1.54) is 0 Å². The van der Waals surface area contributed by atoms with Crippen LogP contribution in [0.3, 0.4) is 0 Å². The standard InChI is InChI=1S/C12H15F2NO2/c13-9-5-11(14)12(15-6-9)17-10-3-1-8(7-16)2-4-10/h5-6,8,10,16H,1-4,7H2. The molecule has 1 aromatic heterocycles. The van der Waals surface area contributed by atoms with E-state index in [0.29, 0.717) is 5.92 Å². The van der Waals surface area contributed by atoms with Crippen molar-refractivity contribution < 1.29 is 18.6 Å². The van der Waals surface area contributed by atoms with Crippen molar-refractivity contribution in [3.8, 4) is 5.88 Å². The van der Waals surface area contributed by atoms with Gasteiger partial charge >= 0.3 is 0 Å². The fraction of sp³-hybridized carbons (Fsp3) is 0.583. The van der Waals surface area contributed by atoms with E-state index in [0.717, 1.165) is 37.9 Å². The number of hydrogen-bond donors (Lipinski definition) is 1. The lowest BCUT2D eigenvalue weighted by Gasteiger charge is -2.27. The number of halogens is 2. The smallest absolute Gasteiger partial charge is 0.250 e. The zero-order valence-electron chi connectivity index (χ0n) is 9.40. The lowest BCUT2D eigenvalue weighted by atomic mass is 9.88. The van der Waals surface area contributed by atoms with Crippen molar-refractivity contribution in [3.05, 3.63) is 23.9 Å². The summed E-state index contributed by atoms with van der Waals surface area (Å²) in [5, 5.41) is 8.99. The molecule has 1 aromatic rings. The summed E-state index contributed by atoms with van der Waals surface area (Å²) in [5.74, 6) is -1.30. The zero-order chi connectivity index (χ0) is 12.3. The molecule has 17 heavy (non-hydrogen) atoms. The molecule has 1 aliphatic rings. The first kappa shape index (κ1) is 12.2. The summed E-state index contributed by atoms with van der Waals surface area (Å²) >= 11 is 0. The average molecular weight is 243 g/mol. The Morgan fingerprint density at radius 3 is 2.59 bits per heavy atom. The van der Waals surface area contributed by atoms with E-state index < -0.39 is 11.6 Å². The van der Waals surface area contributed by atoms with Crippen molar-refractivity contribution in [1.29, 1.82) is 0 Å². The Morgan fingerprint density at radius 2 is 2.00 bits per heavy atom. The van der Waals surface area contributed by atoms with Crippen LogP contribution in [-0.2, 0) is 0 Å². The summed E-state index contributed by atoms with van der Waals surface area (Å²) in [6.07, 6.45) is 4.12. The third kappa shape index (κ3) is 3.12. The zero-order valence-corrected chi connectivity index (χ0v) is 9.40. The molecule has 0 radical (unpaired) electrons. The summed E-state index contributed by atoms with van der Waals surface area (Å²) in [4.78, 5) is 3.59. The Balaban J connectivity index is 1.93. The topological polar surface area (TPSA) is 42.4 Å². The molecule has 0 unspecified atom stereocenters. The predicted octanol–water partition coefficient (Wildman–Crippen LogP) is 2.29. The number of aliphatic hydroxyl groups is 1. The first-order valence-corrected chi connectivity index (χ1v) is 5.77. The third-order valence-corrected chi connectivity index (χ3v) is 3.10. The van der Waals surface area contributed by atoms with Crippen LogP contribution >= 0.6 is 0 Å². The van der Waals surface area contributed by atoms with Gasteiger partial charge in [0, 0.05) is 12.7 Å². The normalized spacial score (nSPS) is 24.6. The predicted molar refractivity (Wildman–Crippen MR) is 57.6 cm³/mol. The molecule has 2 rings (SSSR count). The Hall–Kier alpha value is -1.23. The lowest BCUT2D eigenvalue weighted by Crippen LogP contribution is -2.26. The van der Waals surface area contributed by atoms with Crippen LogP contribution in [0.1, 0.15) is 25.7 Å². The molecular weight excluding hydrogens is 228 g/mol. The Kier molecular flexibility index (Phi) is 3.89. The number of aromatic nitrogens is 1. The summed E-state index contributed by atoms with van der Waals surface area (Å²) < 4.78 is 31.3. The van der Waals surface area contributed by atoms with E-state index in [1.807, 2.05) is 0 Å². The summed E-state index contributed by atoms with van der Waals surface area (Å²) in [5.41, 5.74) is 0. The Labute approximate surface area is 98.4 Å². The second-order valence-electron chi connectivity index (χ2n) is 4.38. The fourth-order valence-electron chi connectivity index (χ4n) is 2.08. The largest absolute Gasteiger partial charge is 0.472 e. The van der Waals surface area contributed by atoms with E-state index >= 15 is 0 Å². The van der Waals surface area contributed by atoms with Gasteiger partial charge in [-0.05, 0) is 31.6 Å². The van der Waals surface area contributed by atoms with Crippen LogP contribution in [0.25, 0.3) is 0 Å². The maximum atomic E-state index is 13.3. The van der Waals surface area contributed by atoms with Gasteiger partial charge in [-0.25, -0.2) is 13.8 Å². The third-order valence-electron chi connectivity index (χ3n) is 3.10. The summed E-state index contributed by atoms with van der Waals surface area (Å²) in [7, 11) is 0. The van der Waals surface area contributed by atoms with E-state index in [4.69, 9.17) is 9.84 Å². The van der Waals surface area contributed by atoms with Gasteiger partial charge in [0.1, 0.15) is 11.9 Å². The van der Waals surface area contributed by atoms with Gasteiger partial charge in [0.05, 0.1) is 6.20 Å². The number of ether oxygens (including phenoxy) is 1. The van der Waals surface area contributed by atoms with Gasteiger partial charge in [-0.15, -0.1) is 0 Å². The van der Waals surface area contributed by atoms with Gasteiger partial charge in [0.2, 0.25) is 0 Å². The van der Waals surface area contributed by atoms with Crippen molar-refractivity contribution in [2.45, 2.75) is 31.8 Å². The number of hydrogen-bond acceptors (Lipinski definition) is 3. The van der Waals surface area contributed by atoms with Crippen LogP contribution in [0.15, 0.2) is 12.3 Å². The van der Waals surface area contributed by atoms with Crippen LogP contribution in [0.4, 0.5) is 8.78 Å². The number of pyridine rings is 1. The summed E-state index contributed by atoms with van der Waals surface area (Å²) in [6, 6.07) is 0.766. The number of aliphatic hydroxyl groups excluding tert-OH is 1. The summed E-state index contributed by atoms with van der Waals surface area (Å²) in [6.45, 7) is 0.190. The van der Waals surface area contributed by atoms with Crippen molar-refractivity contribution in [2.24, 2.45) is 5.92 Å². The molecule has 1 aliphatic carbocycles. The molecule has 1 saturated carbocycles. The molecule has 5 heteroatoms. The molecule has 0 atom stereocenters. The quantitative estimate of drug-likeness (QED) is 0.885. The van der Waals surface area contributed by atoms with E-state index in [-0.39, 0.29) is 18.6 Å². The second-order valence-corrected chi connectivity index (χ2v) is 4.38. The van der Waals surface area contributed by atoms with Gasteiger partial charge in [-0.1, -0.05) is 0 Å². The maximum Gasteiger partial charge on any atom is 0.250 e. The van der Waals surface area contributed by atoms with E-state index in [9.17, 15) is 8.78 Å². The highest BCUT2D eigenvalue weighted by molar-refractivity contribution is 5.14. The second kappa shape index (κ2) is 5.40. The van der Waals surface area contributed by atoms with Crippen LogP contribution in [0.2, 0.25) is 0 Å². The molecule has 1 fully saturated rings. The van der Waals surface area contributed by atoms with Gasteiger partial charge in [-0.3, -0.25) is 0 Å². The minimum Gasteiger partial charge on any atom is -0.472 e. The molecule has 1 heterocycles. The van der Waals surface area contributed by atoms with Crippen LogP contribution in [0.5, 0.6) is 5.88 Å². The van der Waals surface area contributed by atoms with Crippen molar-refractivity contribution in [1.82, 2.24) is 4.98 Å². The van der Waals surface area contributed by atoms with Crippen molar-refractivity contribution in [2.75, 3.05) is 6.61 Å². The van der Waals surface area contributed by atoms with Crippen LogP contribution in [0, 0.1) is 17.6 Å². The molecule has 0 saturated heterocycles. The van der Waals surface area contributed by atoms with Crippen molar-refractivity contribution in [3.63, 3.8) is 0 Å². The molecular formula is C12H15F2NO2. The molecule has 0 spiro atoms. The molecule has 1 N–H and O–H groups in total. The highest BCUT2D eigenvalue weighted by Gasteiger charge is 2.23. The number of rotatable bonds is 3. The fourth-order valence-corrected chi connectivity index (χ4v) is 2.08. The minimum atomic E-state index is -0.769. The maximum absolute atomic E-state index is 13.3. The first-order valence-electron chi connectivity index (χ1n) is 5.77. The average Bonchev–Trinajstić information content (AvgIpc) is 2.34. The lowest BCUT2D eigenvalue weighted by molar-refractivity contribution is 0.0967. The molecule has 3 nitrogen and oxygen atoms in total. The van der Waals surface area contributed by atoms with Crippen LogP contribution < -0.4 is 4.74 Å². The Morgan fingerprint density at radius 1 is 1.29 bits per heavy atom. The molecule has 94 valence electrons. The van der Waals surface area contributed by atoms with Gasteiger partial charge in [-0.2, -0.15) is 0 Å². The molecule has 0 bridgehead atoms. The highest BCUT2D eigenvalue weighted by atomic mass is 19.1. The van der Waals surface area contributed by atoms with Gasteiger partial charge in [0.15, 0.2) is 5.82 Å². The van der Waals surface area contributed by atoms with Gasteiger partial charge < -0.3 is 9.84 Å². The van der Waals surface area contributed by atoms with E-state index in [2.05, 4.69) is 4.98 Å². The monoisotopic (exact) mass is 243 g/mol. The highest BCUT2D eigenvalue weighted by Crippen LogP contribution is 2.27. The number of nitrogens with zero attached hydrogens (tertiary/aromatic N) is 1. The molecule has 0 aliphatic heterocycles. The van der Waals surface area contributed by atoms with E-state index in [1.54, 1.807) is 0 Å². The van der Waals surface area contributed by atoms with Crippen molar-refractivity contribution >= 4 is 0 Å². The molecule has 0 aromatic carbocycles. The molecule has 0 amide bonds. The Bertz CT molecular complexity index is 379. The minimum absolute atomic E-state index is 0.0924. The first-order chi connectivity index (χ1) is 8.19. The van der Waals surface area contributed by atoms with Gasteiger partial charge in [0.25, 0.3) is 5.88 Å². The van der Waals surface area contributed by atoms with Crippen LogP contribution in [-0.4, -0.2) is 22.8 Å². The SMILES string of the molecule is OCC1CCC(Oc2ncc(F)cc2F)CC1.